The van der Waals surface area contributed by atoms with E-state index in [0.29, 0.717) is 11.1 Å². The van der Waals surface area contributed by atoms with Crippen LogP contribution in [0.25, 0.3) is 0 Å². The van der Waals surface area contributed by atoms with Crippen LogP contribution in [-0.4, -0.2) is 15.2 Å². The summed E-state index contributed by atoms with van der Waals surface area (Å²) in [6.07, 6.45) is 0. The van der Waals surface area contributed by atoms with Gasteiger partial charge in [-0.1, -0.05) is 25.6 Å². The van der Waals surface area contributed by atoms with Gasteiger partial charge in [0.05, 0.1) is 0 Å². The van der Waals surface area contributed by atoms with E-state index in [2.05, 4.69) is 39.7 Å². The molecule has 0 unspecified atom stereocenters. The van der Waals surface area contributed by atoms with Gasteiger partial charge in [-0.15, -0.1) is 0 Å². The molecule has 66 valence electrons. The summed E-state index contributed by atoms with van der Waals surface area (Å²) >= 11 is 4.85. The van der Waals surface area contributed by atoms with Gasteiger partial charge in [0.1, 0.15) is 10.4 Å². The zero-order valence-corrected chi connectivity index (χ0v) is 9.32. The molecule has 0 saturated heterocycles. The molecule has 3 nitrogen and oxygen atoms in total. The minimum absolute atomic E-state index is 0.471. The fourth-order valence-electron chi connectivity index (χ4n) is 0.677. The highest BCUT2D eigenvalue weighted by atomic mass is 79.9. The van der Waals surface area contributed by atoms with Crippen molar-refractivity contribution in [1.82, 2.24) is 9.97 Å². The highest BCUT2D eigenvalue weighted by Crippen LogP contribution is 2.21. The largest absolute Gasteiger partial charge is 0.384 e. The first-order valence-electron chi connectivity index (χ1n) is 3.54. The van der Waals surface area contributed by atoms with E-state index in [4.69, 9.17) is 5.73 Å². The third-order valence-corrected chi connectivity index (χ3v) is 2.31. The number of hydrogen-bond donors (Lipinski definition) is 1. The number of rotatable bonds is 2. The average Bonchev–Trinajstić information content (AvgIpc) is 1.81. The van der Waals surface area contributed by atoms with Crippen molar-refractivity contribution >= 4 is 33.5 Å². The maximum atomic E-state index is 5.54. The van der Waals surface area contributed by atoms with Gasteiger partial charge in [-0.2, -0.15) is 0 Å². The van der Waals surface area contributed by atoms with Crippen molar-refractivity contribution in [3.63, 3.8) is 0 Å². The molecule has 0 amide bonds. The first-order valence-corrected chi connectivity index (χ1v) is 5.22. The lowest BCUT2D eigenvalue weighted by molar-refractivity contribution is 0.945. The minimum Gasteiger partial charge on any atom is -0.384 e. The number of nitrogen functional groups attached to an aromatic ring is 1. The van der Waals surface area contributed by atoms with Crippen molar-refractivity contribution < 1.29 is 0 Å². The maximum Gasteiger partial charge on any atom is 0.190 e. The molecule has 5 heteroatoms. The van der Waals surface area contributed by atoms with Gasteiger partial charge in [0.2, 0.25) is 0 Å². The quantitative estimate of drug-likeness (QED) is 0.495. The number of hydrogen-bond acceptors (Lipinski definition) is 4. The molecule has 0 spiro atoms. The molecule has 0 fully saturated rings. The summed E-state index contributed by atoms with van der Waals surface area (Å²) in [6, 6.07) is 1.68. The third kappa shape index (κ3) is 2.98. The molecule has 0 aliphatic heterocycles. The maximum absolute atomic E-state index is 5.54. The van der Waals surface area contributed by atoms with Crippen LogP contribution in [0.4, 0.5) is 5.82 Å². The molecule has 1 heterocycles. The van der Waals surface area contributed by atoms with E-state index in [-0.39, 0.29) is 0 Å². The predicted molar refractivity (Wildman–Crippen MR) is 55.1 cm³/mol. The van der Waals surface area contributed by atoms with Gasteiger partial charge in [-0.25, -0.2) is 9.97 Å². The normalized spacial score (nSPS) is 10.7. The molecule has 1 rings (SSSR count). The molecule has 1 aromatic rings. The Morgan fingerprint density at radius 2 is 2.17 bits per heavy atom. The number of thioether (sulfide) groups is 1. The first kappa shape index (κ1) is 9.80. The molecular formula is C7H10BrN3S. The molecule has 0 aliphatic carbocycles. The van der Waals surface area contributed by atoms with E-state index in [9.17, 15) is 0 Å². The van der Waals surface area contributed by atoms with Crippen molar-refractivity contribution in [3.05, 3.63) is 10.7 Å². The Labute approximate surface area is 84.3 Å². The smallest absolute Gasteiger partial charge is 0.190 e. The van der Waals surface area contributed by atoms with Crippen molar-refractivity contribution in [2.45, 2.75) is 24.3 Å². The van der Waals surface area contributed by atoms with Crippen LogP contribution in [0.2, 0.25) is 0 Å². The van der Waals surface area contributed by atoms with Crippen LogP contribution in [0.5, 0.6) is 0 Å². The summed E-state index contributed by atoms with van der Waals surface area (Å²) in [5, 5.41) is 1.19. The molecule has 0 aromatic carbocycles. The summed E-state index contributed by atoms with van der Waals surface area (Å²) in [6.45, 7) is 4.18. The Hall–Kier alpha value is -0.290. The first-order chi connectivity index (χ1) is 5.58. The predicted octanol–water partition coefficient (Wildman–Crippen LogP) is 2.32. The molecular weight excluding hydrogens is 238 g/mol. The van der Waals surface area contributed by atoms with Crippen LogP contribution in [0.15, 0.2) is 15.8 Å². The minimum atomic E-state index is 0.471. The zero-order valence-electron chi connectivity index (χ0n) is 6.91. The summed E-state index contributed by atoms with van der Waals surface area (Å²) in [5.41, 5.74) is 5.54. The number of nitrogens with two attached hydrogens (primary N) is 1. The second-order valence-corrected chi connectivity index (χ2v) is 4.92. The molecule has 0 atom stereocenters. The number of halogens is 1. The number of aromatic nitrogens is 2. The number of anilines is 1. The van der Waals surface area contributed by atoms with Gasteiger partial charge in [0, 0.05) is 11.3 Å². The van der Waals surface area contributed by atoms with Gasteiger partial charge < -0.3 is 5.73 Å². The van der Waals surface area contributed by atoms with Crippen LogP contribution >= 0.6 is 27.7 Å². The van der Waals surface area contributed by atoms with E-state index in [1.807, 2.05) is 0 Å². The third-order valence-electron chi connectivity index (χ3n) is 1.04. The molecule has 12 heavy (non-hydrogen) atoms. The van der Waals surface area contributed by atoms with Crippen molar-refractivity contribution in [2.24, 2.45) is 0 Å². The highest BCUT2D eigenvalue weighted by molar-refractivity contribution is 9.10. The average molecular weight is 248 g/mol. The van der Waals surface area contributed by atoms with Crippen LogP contribution in [-0.2, 0) is 0 Å². The van der Waals surface area contributed by atoms with Gasteiger partial charge in [0.15, 0.2) is 5.16 Å². The fraction of sp³-hybridized carbons (Fsp3) is 0.429. The van der Waals surface area contributed by atoms with E-state index in [1.54, 1.807) is 17.8 Å². The second kappa shape index (κ2) is 4.09. The molecule has 0 bridgehead atoms. The van der Waals surface area contributed by atoms with Gasteiger partial charge in [-0.3, -0.25) is 0 Å². The molecule has 0 saturated carbocycles. The molecule has 0 radical (unpaired) electrons. The summed E-state index contributed by atoms with van der Waals surface area (Å²) in [4.78, 5) is 8.24. The molecule has 1 aromatic heterocycles. The lowest BCUT2D eigenvalue weighted by Crippen LogP contribution is -1.97. The van der Waals surface area contributed by atoms with E-state index >= 15 is 0 Å². The van der Waals surface area contributed by atoms with E-state index in [0.717, 1.165) is 9.76 Å². The summed E-state index contributed by atoms with van der Waals surface area (Å²) in [7, 11) is 0. The summed E-state index contributed by atoms with van der Waals surface area (Å²) in [5.74, 6) is 0.500. The van der Waals surface area contributed by atoms with Crippen molar-refractivity contribution in [1.29, 1.82) is 0 Å². The Morgan fingerprint density at radius 1 is 1.50 bits per heavy atom. The Kier molecular flexibility index (Phi) is 3.34. The Morgan fingerprint density at radius 3 is 2.67 bits per heavy atom. The Bertz CT molecular complexity index is 257. The second-order valence-electron chi connectivity index (χ2n) is 2.56. The van der Waals surface area contributed by atoms with Crippen LogP contribution in [0.1, 0.15) is 13.8 Å². The standard InChI is InChI=1S/C7H10BrN3S/c1-4(2)12-7-10-5(8)3-6(9)11-7/h3-4H,1-2H3,(H2,9,10,11). The van der Waals surface area contributed by atoms with Crippen LogP contribution in [0, 0.1) is 0 Å². The van der Waals surface area contributed by atoms with E-state index < -0.39 is 0 Å². The highest BCUT2D eigenvalue weighted by Gasteiger charge is 2.03. The lowest BCUT2D eigenvalue weighted by Gasteiger charge is -2.03. The Balaban J connectivity index is 2.85. The van der Waals surface area contributed by atoms with Gasteiger partial charge >= 0.3 is 0 Å². The van der Waals surface area contributed by atoms with Crippen molar-refractivity contribution in [2.75, 3.05) is 5.73 Å². The number of nitrogens with zero attached hydrogens (tertiary/aromatic N) is 2. The molecule has 0 aliphatic rings. The summed E-state index contributed by atoms with van der Waals surface area (Å²) < 4.78 is 0.734. The monoisotopic (exact) mass is 247 g/mol. The van der Waals surface area contributed by atoms with Crippen LogP contribution < -0.4 is 5.73 Å². The zero-order chi connectivity index (χ0) is 9.14. The van der Waals surface area contributed by atoms with Gasteiger partial charge in [-0.05, 0) is 15.9 Å². The SMILES string of the molecule is CC(C)Sc1nc(N)cc(Br)n1. The lowest BCUT2D eigenvalue weighted by atomic mass is 10.6. The van der Waals surface area contributed by atoms with Crippen molar-refractivity contribution in [3.8, 4) is 0 Å². The topological polar surface area (TPSA) is 51.8 Å². The fourth-order valence-corrected chi connectivity index (χ4v) is 1.93. The van der Waals surface area contributed by atoms with Crippen LogP contribution in [0.3, 0.4) is 0 Å². The van der Waals surface area contributed by atoms with E-state index in [1.165, 1.54) is 0 Å². The van der Waals surface area contributed by atoms with Gasteiger partial charge in [0.25, 0.3) is 0 Å². The molecule has 2 N–H and O–H groups in total.